The molecule has 6 heteroatoms. The van der Waals surface area contributed by atoms with E-state index in [4.69, 9.17) is 0 Å². The zero-order chi connectivity index (χ0) is 15.2. The van der Waals surface area contributed by atoms with Gasteiger partial charge in [0.05, 0.1) is 28.6 Å². The number of rotatable bonds is 8. The summed E-state index contributed by atoms with van der Waals surface area (Å²) in [6.07, 6.45) is 6.13. The van der Waals surface area contributed by atoms with Crippen LogP contribution in [0.1, 0.15) is 44.1 Å². The summed E-state index contributed by atoms with van der Waals surface area (Å²) in [5, 5.41) is 12.5. The first-order chi connectivity index (χ1) is 10.2. The van der Waals surface area contributed by atoms with Crippen LogP contribution in [0.25, 0.3) is 0 Å². The summed E-state index contributed by atoms with van der Waals surface area (Å²) in [6, 6.07) is 0. The minimum atomic E-state index is 0.745. The van der Waals surface area contributed by atoms with E-state index in [0.29, 0.717) is 0 Å². The van der Waals surface area contributed by atoms with Crippen molar-refractivity contribution in [1.29, 1.82) is 0 Å². The molecule has 0 radical (unpaired) electrons. The Morgan fingerprint density at radius 3 is 2.76 bits per heavy atom. The maximum Gasteiger partial charge on any atom is 0.0839 e. The Morgan fingerprint density at radius 2 is 2.10 bits per heavy atom. The average Bonchev–Trinajstić information content (AvgIpc) is 3.05. The van der Waals surface area contributed by atoms with Gasteiger partial charge >= 0.3 is 0 Å². The third kappa shape index (κ3) is 3.95. The molecule has 0 aliphatic heterocycles. The smallest absolute Gasteiger partial charge is 0.0839 e. The highest BCUT2D eigenvalue weighted by Crippen LogP contribution is 2.23. The Bertz CT molecular complexity index is 573. The maximum absolute atomic E-state index is 4.63. The maximum atomic E-state index is 4.63. The molecule has 116 valence electrons. The van der Waals surface area contributed by atoms with E-state index in [1.165, 1.54) is 11.3 Å². The minimum absolute atomic E-state index is 0.745. The second-order valence-corrected chi connectivity index (χ2v) is 5.89. The van der Waals surface area contributed by atoms with E-state index in [0.717, 1.165) is 49.2 Å². The molecule has 0 unspecified atom stereocenters. The normalized spacial score (nSPS) is 11.2. The van der Waals surface area contributed by atoms with Crippen molar-refractivity contribution in [2.45, 2.75) is 53.2 Å². The van der Waals surface area contributed by atoms with Crippen LogP contribution < -0.4 is 5.32 Å². The van der Waals surface area contributed by atoms with Gasteiger partial charge in [-0.1, -0.05) is 13.8 Å². The molecule has 5 nitrogen and oxygen atoms in total. The summed E-state index contributed by atoms with van der Waals surface area (Å²) in [5.41, 5.74) is 3.52. The van der Waals surface area contributed by atoms with E-state index >= 15 is 0 Å². The van der Waals surface area contributed by atoms with Gasteiger partial charge in [-0.15, -0.1) is 0 Å². The van der Waals surface area contributed by atoms with Crippen LogP contribution in [-0.2, 0) is 26.1 Å². The highest BCUT2D eigenvalue weighted by atomic mass is 79.9. The van der Waals surface area contributed by atoms with Crippen LogP contribution in [0.15, 0.2) is 16.9 Å². The largest absolute Gasteiger partial charge is 0.313 e. The van der Waals surface area contributed by atoms with Gasteiger partial charge in [0, 0.05) is 24.8 Å². The third-order valence-corrected chi connectivity index (χ3v) is 4.36. The van der Waals surface area contributed by atoms with Crippen molar-refractivity contribution >= 4 is 15.9 Å². The Labute approximate surface area is 134 Å². The Balaban J connectivity index is 2.09. The zero-order valence-electron chi connectivity index (χ0n) is 13.1. The van der Waals surface area contributed by atoms with E-state index in [1.807, 2.05) is 10.9 Å². The number of aromatic nitrogens is 4. The van der Waals surface area contributed by atoms with Gasteiger partial charge in [-0.3, -0.25) is 9.36 Å². The summed E-state index contributed by atoms with van der Waals surface area (Å²) >= 11 is 3.68. The van der Waals surface area contributed by atoms with Crippen molar-refractivity contribution in [3.63, 3.8) is 0 Å². The van der Waals surface area contributed by atoms with Crippen LogP contribution in [0.2, 0.25) is 0 Å². The molecule has 0 amide bonds. The zero-order valence-corrected chi connectivity index (χ0v) is 14.7. The molecule has 2 heterocycles. The van der Waals surface area contributed by atoms with E-state index in [2.05, 4.69) is 63.1 Å². The molecule has 1 N–H and O–H groups in total. The van der Waals surface area contributed by atoms with Gasteiger partial charge in [-0.05, 0) is 42.2 Å². The summed E-state index contributed by atoms with van der Waals surface area (Å²) < 4.78 is 5.16. The fraction of sp³-hybridized carbons (Fsp3) is 0.600. The highest BCUT2D eigenvalue weighted by Gasteiger charge is 2.14. The molecule has 21 heavy (non-hydrogen) atoms. The summed E-state index contributed by atoms with van der Waals surface area (Å²) in [4.78, 5) is 0. The van der Waals surface area contributed by atoms with E-state index in [1.54, 1.807) is 0 Å². The van der Waals surface area contributed by atoms with Crippen LogP contribution in [0, 0.1) is 0 Å². The molecule has 0 atom stereocenters. The SMILES string of the molecule is CCCNCc1cnn(Cc2c(Br)c(CC)nn2CC)c1. The quantitative estimate of drug-likeness (QED) is 0.742. The van der Waals surface area contributed by atoms with Gasteiger partial charge in [0.25, 0.3) is 0 Å². The molecule has 0 aliphatic carbocycles. The molecule has 0 bridgehead atoms. The van der Waals surface area contributed by atoms with Crippen molar-refractivity contribution in [3.8, 4) is 0 Å². The van der Waals surface area contributed by atoms with Crippen LogP contribution >= 0.6 is 15.9 Å². The highest BCUT2D eigenvalue weighted by molar-refractivity contribution is 9.10. The molecule has 0 aliphatic rings. The number of hydrogen-bond acceptors (Lipinski definition) is 3. The lowest BCUT2D eigenvalue weighted by Gasteiger charge is -2.05. The van der Waals surface area contributed by atoms with E-state index in [9.17, 15) is 0 Å². The van der Waals surface area contributed by atoms with Gasteiger partial charge in [0.1, 0.15) is 0 Å². The van der Waals surface area contributed by atoms with E-state index in [-0.39, 0.29) is 0 Å². The molecule has 2 aromatic rings. The summed E-state index contributed by atoms with van der Waals surface area (Å²) in [7, 11) is 0. The molecule has 0 aromatic carbocycles. The van der Waals surface area contributed by atoms with Gasteiger partial charge in [0.2, 0.25) is 0 Å². The van der Waals surface area contributed by atoms with Crippen molar-refractivity contribution < 1.29 is 0 Å². The molecular weight excluding hydrogens is 330 g/mol. The second kappa shape index (κ2) is 7.75. The lowest BCUT2D eigenvalue weighted by Crippen LogP contribution is -2.13. The van der Waals surface area contributed by atoms with Crippen molar-refractivity contribution in [2.24, 2.45) is 0 Å². The first-order valence-electron chi connectivity index (χ1n) is 7.65. The number of nitrogens with one attached hydrogen (secondary N) is 1. The third-order valence-electron chi connectivity index (χ3n) is 3.45. The first-order valence-corrected chi connectivity index (χ1v) is 8.44. The monoisotopic (exact) mass is 353 g/mol. The predicted octanol–water partition coefficient (Wildman–Crippen LogP) is 2.97. The number of hydrogen-bond donors (Lipinski definition) is 1. The van der Waals surface area contributed by atoms with Gasteiger partial charge < -0.3 is 5.32 Å². The number of nitrogens with zero attached hydrogens (tertiary/aromatic N) is 4. The molecular formula is C15H24BrN5. The molecule has 0 saturated carbocycles. The molecule has 2 aromatic heterocycles. The van der Waals surface area contributed by atoms with Gasteiger partial charge in [-0.2, -0.15) is 10.2 Å². The average molecular weight is 354 g/mol. The Hall–Kier alpha value is -1.14. The second-order valence-electron chi connectivity index (χ2n) is 5.10. The standard InChI is InChI=1S/C15H24BrN5/c1-4-7-17-8-12-9-18-20(10-12)11-14-15(16)13(5-2)19-21(14)6-3/h9-10,17H,4-8,11H2,1-3H3. The van der Waals surface area contributed by atoms with Gasteiger partial charge in [-0.25, -0.2) is 0 Å². The molecule has 0 fully saturated rings. The Morgan fingerprint density at radius 1 is 1.29 bits per heavy atom. The topological polar surface area (TPSA) is 47.7 Å². The van der Waals surface area contributed by atoms with Crippen molar-refractivity contribution in [3.05, 3.63) is 33.8 Å². The van der Waals surface area contributed by atoms with Crippen LogP contribution in [0.4, 0.5) is 0 Å². The Kier molecular flexibility index (Phi) is 5.99. The first kappa shape index (κ1) is 16.2. The minimum Gasteiger partial charge on any atom is -0.313 e. The molecule has 0 saturated heterocycles. The number of halogens is 1. The molecule has 0 spiro atoms. The van der Waals surface area contributed by atoms with Gasteiger partial charge in [0.15, 0.2) is 0 Å². The van der Waals surface area contributed by atoms with Crippen LogP contribution in [0.3, 0.4) is 0 Å². The summed E-state index contributed by atoms with van der Waals surface area (Å²) in [6.45, 7) is 9.95. The molecule has 2 rings (SSSR count). The fourth-order valence-electron chi connectivity index (χ4n) is 2.32. The lowest BCUT2D eigenvalue weighted by molar-refractivity contribution is 0.572. The van der Waals surface area contributed by atoms with Crippen molar-refractivity contribution in [2.75, 3.05) is 6.54 Å². The fourth-order valence-corrected chi connectivity index (χ4v) is 3.01. The predicted molar refractivity (Wildman–Crippen MR) is 88.3 cm³/mol. The summed E-state index contributed by atoms with van der Waals surface area (Å²) in [5.74, 6) is 0. The lowest BCUT2D eigenvalue weighted by atomic mass is 10.3. The van der Waals surface area contributed by atoms with Crippen molar-refractivity contribution in [1.82, 2.24) is 24.9 Å². The van der Waals surface area contributed by atoms with E-state index < -0.39 is 0 Å². The number of aryl methyl sites for hydroxylation is 2. The van der Waals surface area contributed by atoms with Crippen LogP contribution in [0.5, 0.6) is 0 Å². The van der Waals surface area contributed by atoms with Crippen LogP contribution in [-0.4, -0.2) is 26.1 Å².